The lowest BCUT2D eigenvalue weighted by Gasteiger charge is -2.33. The highest BCUT2D eigenvalue weighted by Gasteiger charge is 2.27. The quantitative estimate of drug-likeness (QED) is 0.486. The van der Waals surface area contributed by atoms with Gasteiger partial charge in [-0.25, -0.2) is 17.9 Å². The third-order valence-electron chi connectivity index (χ3n) is 5.44. The molecule has 0 bridgehead atoms. The summed E-state index contributed by atoms with van der Waals surface area (Å²) in [6.45, 7) is 3.82. The number of anilines is 1. The predicted molar refractivity (Wildman–Crippen MR) is 117 cm³/mol. The van der Waals surface area contributed by atoms with Crippen molar-refractivity contribution in [2.45, 2.75) is 37.2 Å². The van der Waals surface area contributed by atoms with Gasteiger partial charge < -0.3 is 24.5 Å². The first-order valence-electron chi connectivity index (χ1n) is 10.3. The zero-order valence-corrected chi connectivity index (χ0v) is 18.4. The highest BCUT2D eigenvalue weighted by atomic mass is 32.2. The van der Waals surface area contributed by atoms with Crippen LogP contribution in [0.2, 0.25) is 0 Å². The molecule has 0 spiro atoms. The Morgan fingerprint density at radius 3 is 2.75 bits per heavy atom. The van der Waals surface area contributed by atoms with Gasteiger partial charge >= 0.3 is 0 Å². The highest BCUT2D eigenvalue weighted by Crippen LogP contribution is 2.33. The molecular formula is C21H25FN4O5S. The van der Waals surface area contributed by atoms with E-state index in [0.29, 0.717) is 23.3 Å². The smallest absolute Gasteiger partial charge is 0.298 e. The Labute approximate surface area is 185 Å². The molecule has 0 aliphatic carbocycles. The normalized spacial score (nSPS) is 15.2. The Bertz CT molecular complexity index is 1220. The van der Waals surface area contributed by atoms with Crippen LogP contribution in [-0.2, 0) is 16.6 Å². The van der Waals surface area contributed by atoms with E-state index in [0.717, 1.165) is 32.0 Å². The van der Waals surface area contributed by atoms with Gasteiger partial charge in [0.05, 0.1) is 18.0 Å². The summed E-state index contributed by atoms with van der Waals surface area (Å²) in [6, 6.07) is 6.99. The van der Waals surface area contributed by atoms with Gasteiger partial charge in [0.2, 0.25) is 10.0 Å². The number of primary sulfonamides is 1. The van der Waals surface area contributed by atoms with E-state index in [9.17, 15) is 17.9 Å². The Balaban J connectivity index is 1.74. The number of nitrogens with two attached hydrogens (primary N) is 1. The van der Waals surface area contributed by atoms with Gasteiger partial charge in [0.1, 0.15) is 11.3 Å². The molecule has 9 nitrogen and oxygen atoms in total. The van der Waals surface area contributed by atoms with Crippen molar-refractivity contribution in [2.75, 3.05) is 24.6 Å². The van der Waals surface area contributed by atoms with E-state index >= 15 is 0 Å². The molecule has 4 rings (SSSR count). The molecular weight excluding hydrogens is 439 g/mol. The number of benzene rings is 2. The molecule has 3 aromatic rings. The lowest BCUT2D eigenvalue weighted by Crippen LogP contribution is -2.43. The van der Waals surface area contributed by atoms with E-state index in [-0.39, 0.29) is 35.0 Å². The number of phenolic OH excluding ortho intramolecular Hbond substituents is 1. The first-order valence-corrected chi connectivity index (χ1v) is 11.9. The predicted octanol–water partition coefficient (Wildman–Crippen LogP) is 2.48. The van der Waals surface area contributed by atoms with E-state index in [1.807, 2.05) is 4.90 Å². The van der Waals surface area contributed by atoms with Crippen molar-refractivity contribution in [3.63, 3.8) is 0 Å². The van der Waals surface area contributed by atoms with Gasteiger partial charge in [0.25, 0.3) is 6.01 Å². The first kappa shape index (κ1) is 22.3. The van der Waals surface area contributed by atoms with Gasteiger partial charge in [0.15, 0.2) is 17.1 Å². The summed E-state index contributed by atoms with van der Waals surface area (Å²) < 4.78 is 49.4. The molecule has 1 aliphatic rings. The zero-order valence-electron chi connectivity index (χ0n) is 17.5. The van der Waals surface area contributed by atoms with Crippen LogP contribution in [0.3, 0.4) is 0 Å². The van der Waals surface area contributed by atoms with Crippen molar-refractivity contribution in [2.24, 2.45) is 5.14 Å². The maximum atomic E-state index is 14.7. The molecule has 0 radical (unpaired) electrons. The molecule has 2 aromatic carbocycles. The molecule has 1 saturated heterocycles. The summed E-state index contributed by atoms with van der Waals surface area (Å²) in [5, 5.41) is 18.5. The molecule has 0 atom stereocenters. The van der Waals surface area contributed by atoms with Gasteiger partial charge in [0, 0.05) is 17.7 Å². The van der Waals surface area contributed by atoms with Gasteiger partial charge in [-0.1, -0.05) is 0 Å². The number of ether oxygens (including phenoxy) is 1. The van der Waals surface area contributed by atoms with Crippen molar-refractivity contribution in [3.8, 4) is 11.5 Å². The second-order valence-electron chi connectivity index (χ2n) is 7.62. The largest absolute Gasteiger partial charge is 0.504 e. The van der Waals surface area contributed by atoms with Gasteiger partial charge in [-0.3, -0.25) is 0 Å². The SMILES string of the molecule is CCOc1cc(CN(c2nc3cc(S(N)(=O)=O)ccc3o2)C2CCNCC2)c(F)cc1O. The number of aromatic nitrogens is 1. The third-order valence-corrected chi connectivity index (χ3v) is 6.35. The molecule has 11 heteroatoms. The van der Waals surface area contributed by atoms with E-state index < -0.39 is 15.8 Å². The van der Waals surface area contributed by atoms with Gasteiger partial charge in [-0.15, -0.1) is 0 Å². The lowest BCUT2D eigenvalue weighted by atomic mass is 10.0. The number of aromatic hydroxyl groups is 1. The van der Waals surface area contributed by atoms with Crippen LogP contribution in [0, 0.1) is 5.82 Å². The zero-order chi connectivity index (χ0) is 22.9. The molecule has 1 aromatic heterocycles. The molecule has 0 unspecified atom stereocenters. The van der Waals surface area contributed by atoms with E-state index in [4.69, 9.17) is 14.3 Å². The molecule has 1 aliphatic heterocycles. The van der Waals surface area contributed by atoms with Crippen molar-refractivity contribution in [1.82, 2.24) is 10.3 Å². The van der Waals surface area contributed by atoms with Crippen LogP contribution < -0.4 is 20.1 Å². The Hall–Kier alpha value is -2.89. The Morgan fingerprint density at radius 1 is 1.31 bits per heavy atom. The fourth-order valence-corrected chi connectivity index (χ4v) is 4.36. The summed E-state index contributed by atoms with van der Waals surface area (Å²) >= 11 is 0. The van der Waals surface area contributed by atoms with Crippen molar-refractivity contribution in [1.29, 1.82) is 0 Å². The fraction of sp³-hybridized carbons (Fsp3) is 0.381. The van der Waals surface area contributed by atoms with Crippen molar-refractivity contribution in [3.05, 3.63) is 41.7 Å². The summed E-state index contributed by atoms with van der Waals surface area (Å²) in [5.41, 5.74) is 1.05. The van der Waals surface area contributed by atoms with Crippen molar-refractivity contribution >= 4 is 27.1 Å². The van der Waals surface area contributed by atoms with Crippen LogP contribution >= 0.6 is 0 Å². The topological polar surface area (TPSA) is 131 Å². The number of oxazole rings is 1. The average Bonchev–Trinajstić information content (AvgIpc) is 3.18. The van der Waals surface area contributed by atoms with Crippen LogP contribution in [0.5, 0.6) is 11.5 Å². The van der Waals surface area contributed by atoms with Crippen LogP contribution in [0.4, 0.5) is 10.4 Å². The average molecular weight is 465 g/mol. The minimum Gasteiger partial charge on any atom is -0.504 e. The highest BCUT2D eigenvalue weighted by molar-refractivity contribution is 7.89. The molecule has 4 N–H and O–H groups in total. The number of halogens is 1. The number of nitrogens with one attached hydrogen (secondary N) is 1. The number of hydrogen-bond donors (Lipinski definition) is 3. The van der Waals surface area contributed by atoms with Gasteiger partial charge in [-0.05, 0) is 57.1 Å². The van der Waals surface area contributed by atoms with Gasteiger partial charge in [-0.2, -0.15) is 4.98 Å². The summed E-state index contributed by atoms with van der Waals surface area (Å²) in [4.78, 5) is 6.28. The van der Waals surface area contributed by atoms with Crippen molar-refractivity contribution < 1.29 is 27.1 Å². The Morgan fingerprint density at radius 2 is 2.06 bits per heavy atom. The van der Waals surface area contributed by atoms with E-state index in [1.165, 1.54) is 24.3 Å². The minimum atomic E-state index is -3.88. The third kappa shape index (κ3) is 4.64. The number of sulfonamides is 1. The van der Waals surface area contributed by atoms with E-state index in [1.54, 1.807) is 6.92 Å². The summed E-state index contributed by atoms with van der Waals surface area (Å²) in [7, 11) is -3.88. The maximum absolute atomic E-state index is 14.7. The number of piperidine rings is 1. The minimum absolute atomic E-state index is 0.0192. The maximum Gasteiger partial charge on any atom is 0.298 e. The molecule has 1 fully saturated rings. The first-order chi connectivity index (χ1) is 15.3. The number of fused-ring (bicyclic) bond motifs is 1. The monoisotopic (exact) mass is 464 g/mol. The number of nitrogens with zero attached hydrogens (tertiary/aromatic N) is 2. The lowest BCUT2D eigenvalue weighted by molar-refractivity contribution is 0.316. The number of rotatable bonds is 7. The Kier molecular flexibility index (Phi) is 6.22. The standard InChI is InChI=1S/C21H25FN4O5S/c1-2-30-20-9-13(16(22)11-18(20)27)12-26(14-5-7-24-8-6-14)21-25-17-10-15(32(23,28)29)3-4-19(17)31-21/h3-4,9-11,14,24,27H,2,5-8,12H2,1H3,(H2,23,28,29). The molecule has 2 heterocycles. The van der Waals surface area contributed by atoms with Crippen LogP contribution in [0.1, 0.15) is 25.3 Å². The fourth-order valence-electron chi connectivity index (χ4n) is 3.83. The molecule has 0 amide bonds. The second-order valence-corrected chi connectivity index (χ2v) is 9.19. The molecule has 32 heavy (non-hydrogen) atoms. The second kappa shape index (κ2) is 8.93. The molecule has 172 valence electrons. The van der Waals surface area contributed by atoms with E-state index in [2.05, 4.69) is 10.3 Å². The van der Waals surface area contributed by atoms with Crippen LogP contribution in [0.25, 0.3) is 11.1 Å². The van der Waals surface area contributed by atoms with Crippen LogP contribution in [0.15, 0.2) is 39.6 Å². The number of hydrogen-bond acceptors (Lipinski definition) is 8. The summed E-state index contributed by atoms with van der Waals surface area (Å²) in [5.74, 6) is -0.638. The van der Waals surface area contributed by atoms with Crippen LogP contribution in [-0.4, -0.2) is 44.2 Å². The molecule has 0 saturated carbocycles. The number of phenols is 1. The summed E-state index contributed by atoms with van der Waals surface area (Å²) in [6.07, 6.45) is 1.58.